The third-order valence-electron chi connectivity index (χ3n) is 1.21. The maximum Gasteiger partial charge on any atom is 0.406 e. The number of rotatable bonds is 1. The van der Waals surface area contributed by atoms with Crippen molar-refractivity contribution in [3.63, 3.8) is 0 Å². The predicted octanol–water partition coefficient (Wildman–Crippen LogP) is 1.41. The summed E-state index contributed by atoms with van der Waals surface area (Å²) in [5, 5.41) is 0. The van der Waals surface area contributed by atoms with Crippen LogP contribution in [0.5, 0.6) is 0 Å². The molecule has 0 atom stereocenters. The topological polar surface area (TPSA) is 34.9 Å². The molecule has 1 aromatic rings. The summed E-state index contributed by atoms with van der Waals surface area (Å²) in [7, 11) is 0. The van der Waals surface area contributed by atoms with E-state index in [9.17, 15) is 18.0 Å². The minimum atomic E-state index is -4.39. The number of aromatic nitrogens is 2. The fourth-order valence-electron chi connectivity index (χ4n) is 0.730. The molecule has 0 saturated heterocycles. The molecule has 0 amide bonds. The Morgan fingerprint density at radius 3 is 2.69 bits per heavy atom. The van der Waals surface area contributed by atoms with E-state index >= 15 is 0 Å². The van der Waals surface area contributed by atoms with Crippen LogP contribution in [0.2, 0.25) is 0 Å². The largest absolute Gasteiger partial charge is 0.406 e. The molecule has 0 spiro atoms. The van der Waals surface area contributed by atoms with Crippen molar-refractivity contribution in [2.75, 3.05) is 0 Å². The van der Waals surface area contributed by atoms with E-state index in [1.807, 2.05) is 0 Å². The Morgan fingerprint density at radius 2 is 2.15 bits per heavy atom. The fourth-order valence-corrected chi connectivity index (χ4v) is 1.20. The Balaban J connectivity index is 3.03. The maximum absolute atomic E-state index is 11.9. The Bertz CT molecular complexity index is 360. The van der Waals surface area contributed by atoms with Crippen molar-refractivity contribution < 1.29 is 13.2 Å². The first kappa shape index (κ1) is 10.5. The van der Waals surface area contributed by atoms with Gasteiger partial charge in [0.25, 0.3) is 5.56 Å². The monoisotopic (exact) mass is 304 g/mol. The van der Waals surface area contributed by atoms with Gasteiger partial charge in [-0.15, -0.1) is 0 Å². The van der Waals surface area contributed by atoms with Crippen LogP contribution in [-0.4, -0.2) is 15.7 Å². The summed E-state index contributed by atoms with van der Waals surface area (Å²) in [5.74, 6) is 0. The van der Waals surface area contributed by atoms with E-state index in [-0.39, 0.29) is 3.57 Å². The van der Waals surface area contributed by atoms with Crippen LogP contribution in [0.1, 0.15) is 0 Å². The molecule has 0 N–H and O–H groups in total. The van der Waals surface area contributed by atoms with Crippen LogP contribution in [0.3, 0.4) is 0 Å². The molecule has 7 heteroatoms. The summed E-state index contributed by atoms with van der Waals surface area (Å²) in [5.41, 5.74) is -0.673. The van der Waals surface area contributed by atoms with Gasteiger partial charge in [-0.1, -0.05) is 0 Å². The van der Waals surface area contributed by atoms with E-state index in [1.165, 1.54) is 6.20 Å². The highest BCUT2D eigenvalue weighted by Gasteiger charge is 2.28. The zero-order valence-electron chi connectivity index (χ0n) is 6.18. The van der Waals surface area contributed by atoms with Crippen LogP contribution < -0.4 is 5.56 Å². The molecule has 0 aliphatic rings. The van der Waals surface area contributed by atoms with Gasteiger partial charge in [0.1, 0.15) is 6.54 Å². The average molecular weight is 304 g/mol. The predicted molar refractivity (Wildman–Crippen MR) is 47.3 cm³/mol. The molecule has 0 unspecified atom stereocenters. The Hall–Kier alpha value is -0.600. The molecule has 0 aliphatic carbocycles. The van der Waals surface area contributed by atoms with Gasteiger partial charge in [0.15, 0.2) is 0 Å². The average Bonchev–Trinajstić information content (AvgIpc) is 1.96. The molecular formula is C6H4F3IN2O. The van der Waals surface area contributed by atoms with Gasteiger partial charge in [-0.3, -0.25) is 9.36 Å². The maximum atomic E-state index is 11.9. The van der Waals surface area contributed by atoms with Gasteiger partial charge in [-0.25, -0.2) is 4.98 Å². The zero-order chi connectivity index (χ0) is 10.1. The number of hydrogen-bond donors (Lipinski definition) is 0. The lowest BCUT2D eigenvalue weighted by Gasteiger charge is -2.07. The van der Waals surface area contributed by atoms with Crippen molar-refractivity contribution in [1.82, 2.24) is 9.55 Å². The van der Waals surface area contributed by atoms with Crippen LogP contribution in [0.15, 0.2) is 17.3 Å². The molecule has 0 radical (unpaired) electrons. The molecule has 3 nitrogen and oxygen atoms in total. The molecule has 1 rings (SSSR count). The second-order valence-electron chi connectivity index (χ2n) is 2.29. The molecule has 0 bridgehead atoms. The van der Waals surface area contributed by atoms with Crippen molar-refractivity contribution in [1.29, 1.82) is 0 Å². The van der Waals surface area contributed by atoms with E-state index in [4.69, 9.17) is 0 Å². The number of halogens is 4. The molecule has 0 saturated carbocycles. The number of nitrogens with zero attached hydrogens (tertiary/aromatic N) is 2. The van der Waals surface area contributed by atoms with E-state index in [1.54, 1.807) is 22.6 Å². The van der Waals surface area contributed by atoms with Crippen LogP contribution in [0.4, 0.5) is 13.2 Å². The molecule has 1 heterocycles. The van der Waals surface area contributed by atoms with E-state index in [0.29, 0.717) is 4.57 Å². The van der Waals surface area contributed by atoms with Crippen molar-refractivity contribution >= 4 is 22.6 Å². The lowest BCUT2D eigenvalue weighted by atomic mass is 10.5. The van der Waals surface area contributed by atoms with Crippen molar-refractivity contribution in [3.8, 4) is 0 Å². The Morgan fingerprint density at radius 1 is 1.54 bits per heavy atom. The summed E-state index contributed by atoms with van der Waals surface area (Å²) >= 11 is 1.64. The highest BCUT2D eigenvalue weighted by molar-refractivity contribution is 14.1. The molecular weight excluding hydrogens is 300 g/mol. The minimum Gasteiger partial charge on any atom is -0.289 e. The van der Waals surface area contributed by atoms with Gasteiger partial charge in [-0.05, 0) is 22.6 Å². The molecule has 72 valence electrons. The number of alkyl halides is 3. The summed E-state index contributed by atoms with van der Waals surface area (Å²) in [6.45, 7) is -1.30. The molecule has 13 heavy (non-hydrogen) atoms. The smallest absolute Gasteiger partial charge is 0.289 e. The zero-order valence-corrected chi connectivity index (χ0v) is 8.33. The summed E-state index contributed by atoms with van der Waals surface area (Å²) in [6, 6.07) is 0. The second-order valence-corrected chi connectivity index (χ2v) is 3.45. The molecule has 0 fully saturated rings. The first-order valence-electron chi connectivity index (χ1n) is 3.17. The SMILES string of the molecule is O=c1c(I)cncn1CC(F)(F)F. The van der Waals surface area contributed by atoms with Gasteiger partial charge >= 0.3 is 6.18 Å². The normalized spacial score (nSPS) is 11.7. The summed E-state index contributed by atoms with van der Waals surface area (Å²) < 4.78 is 36.3. The molecule has 0 aromatic carbocycles. The van der Waals surface area contributed by atoms with Crippen molar-refractivity contribution in [2.24, 2.45) is 0 Å². The first-order valence-corrected chi connectivity index (χ1v) is 4.25. The minimum absolute atomic E-state index is 0.171. The lowest BCUT2D eigenvalue weighted by Crippen LogP contribution is -2.29. The summed E-state index contributed by atoms with van der Waals surface area (Å²) in [6.07, 6.45) is -2.30. The van der Waals surface area contributed by atoms with E-state index in [2.05, 4.69) is 4.98 Å². The van der Waals surface area contributed by atoms with Gasteiger partial charge in [0.05, 0.1) is 9.90 Å². The third-order valence-corrected chi connectivity index (χ3v) is 1.95. The van der Waals surface area contributed by atoms with Crippen molar-refractivity contribution in [3.05, 3.63) is 26.4 Å². The van der Waals surface area contributed by atoms with Gasteiger partial charge in [0, 0.05) is 6.20 Å². The fraction of sp³-hybridized carbons (Fsp3) is 0.333. The first-order chi connectivity index (χ1) is 5.90. The van der Waals surface area contributed by atoms with Gasteiger partial charge in [-0.2, -0.15) is 13.2 Å². The third kappa shape index (κ3) is 2.98. The van der Waals surface area contributed by atoms with Crippen LogP contribution in [-0.2, 0) is 6.54 Å². The van der Waals surface area contributed by atoms with Crippen LogP contribution in [0, 0.1) is 3.57 Å². The summed E-state index contributed by atoms with van der Waals surface area (Å²) in [4.78, 5) is 14.5. The Kier molecular flexibility index (Phi) is 2.94. The lowest BCUT2D eigenvalue weighted by molar-refractivity contribution is -0.141. The number of hydrogen-bond acceptors (Lipinski definition) is 2. The second kappa shape index (κ2) is 3.64. The van der Waals surface area contributed by atoms with Crippen LogP contribution in [0.25, 0.3) is 0 Å². The standard InChI is InChI=1S/C6H4F3IN2O/c7-6(8,9)2-12-3-11-1-4(10)5(12)13/h1,3H,2H2. The molecule has 1 aromatic heterocycles. The molecule has 0 aliphatic heterocycles. The highest BCUT2D eigenvalue weighted by atomic mass is 127. The van der Waals surface area contributed by atoms with Gasteiger partial charge < -0.3 is 0 Å². The van der Waals surface area contributed by atoms with E-state index < -0.39 is 18.3 Å². The Labute approximate surface area is 84.7 Å². The quantitative estimate of drug-likeness (QED) is 0.735. The van der Waals surface area contributed by atoms with Gasteiger partial charge in [0.2, 0.25) is 0 Å². The van der Waals surface area contributed by atoms with Crippen LogP contribution >= 0.6 is 22.6 Å². The highest BCUT2D eigenvalue weighted by Crippen LogP contribution is 2.15. The van der Waals surface area contributed by atoms with Crippen molar-refractivity contribution in [2.45, 2.75) is 12.7 Å². The van der Waals surface area contributed by atoms with E-state index in [0.717, 1.165) is 6.33 Å².